The molecular formula is C21H22N4O. The van der Waals surface area contributed by atoms with Crippen LogP contribution in [0.3, 0.4) is 0 Å². The van der Waals surface area contributed by atoms with Gasteiger partial charge in [-0.25, -0.2) is 0 Å². The van der Waals surface area contributed by atoms with Crippen molar-refractivity contribution in [1.82, 2.24) is 20.1 Å². The molecule has 5 heteroatoms. The first kappa shape index (κ1) is 16.5. The lowest BCUT2D eigenvalue weighted by atomic mass is 10.2. The van der Waals surface area contributed by atoms with Crippen LogP contribution in [0.25, 0.3) is 11.4 Å². The predicted molar refractivity (Wildman–Crippen MR) is 101 cm³/mol. The lowest BCUT2D eigenvalue weighted by Gasteiger charge is -2.13. The fourth-order valence-electron chi connectivity index (χ4n) is 3.53. The number of carbonyl (C=O) groups excluding carboxylic acids is 1. The topological polar surface area (TPSA) is 59.8 Å². The molecule has 2 heterocycles. The van der Waals surface area contributed by atoms with E-state index in [1.165, 1.54) is 12.8 Å². The molecule has 4 rings (SSSR count). The summed E-state index contributed by atoms with van der Waals surface area (Å²) in [6.45, 7) is 0.410. The Balaban J connectivity index is 1.56. The van der Waals surface area contributed by atoms with Crippen molar-refractivity contribution in [2.24, 2.45) is 0 Å². The molecular weight excluding hydrogens is 324 g/mol. The Hall–Kier alpha value is -2.95. The lowest BCUT2D eigenvalue weighted by Crippen LogP contribution is -2.23. The molecule has 0 unspecified atom stereocenters. The van der Waals surface area contributed by atoms with Gasteiger partial charge in [0.25, 0.3) is 5.91 Å². The Kier molecular flexibility index (Phi) is 4.78. The number of nitrogens with zero attached hydrogens (tertiary/aromatic N) is 3. The largest absolute Gasteiger partial charge is 0.346 e. The van der Waals surface area contributed by atoms with Crippen molar-refractivity contribution >= 4 is 5.91 Å². The maximum Gasteiger partial charge on any atom is 0.251 e. The smallest absolute Gasteiger partial charge is 0.251 e. The quantitative estimate of drug-likeness (QED) is 0.760. The van der Waals surface area contributed by atoms with Crippen molar-refractivity contribution in [3.8, 4) is 11.4 Å². The number of aromatic nitrogens is 3. The summed E-state index contributed by atoms with van der Waals surface area (Å²) in [5, 5.41) is 7.76. The average Bonchev–Trinajstić information content (AvgIpc) is 3.37. The molecule has 0 aliphatic heterocycles. The molecule has 26 heavy (non-hydrogen) atoms. The van der Waals surface area contributed by atoms with Gasteiger partial charge in [0.2, 0.25) is 0 Å². The van der Waals surface area contributed by atoms with Gasteiger partial charge in [-0.1, -0.05) is 37.1 Å². The molecule has 0 radical (unpaired) electrons. The van der Waals surface area contributed by atoms with Crippen LogP contribution in [0, 0.1) is 0 Å². The van der Waals surface area contributed by atoms with Crippen LogP contribution < -0.4 is 5.32 Å². The minimum atomic E-state index is -0.0830. The predicted octanol–water partition coefficient (Wildman–Crippen LogP) is 3.99. The number of hydrogen-bond donors (Lipinski definition) is 1. The second kappa shape index (κ2) is 7.52. The van der Waals surface area contributed by atoms with Crippen molar-refractivity contribution in [2.45, 2.75) is 38.3 Å². The molecule has 5 nitrogen and oxygen atoms in total. The molecule has 1 N–H and O–H groups in total. The van der Waals surface area contributed by atoms with Gasteiger partial charge in [0.1, 0.15) is 0 Å². The summed E-state index contributed by atoms with van der Waals surface area (Å²) in [6.07, 6.45) is 6.59. The summed E-state index contributed by atoms with van der Waals surface area (Å²) in [4.78, 5) is 16.8. The highest BCUT2D eigenvalue weighted by molar-refractivity contribution is 5.94. The third-order valence-electron chi connectivity index (χ3n) is 4.85. The highest BCUT2D eigenvalue weighted by Gasteiger charge is 2.22. The molecule has 3 aromatic rings. The van der Waals surface area contributed by atoms with E-state index in [1.807, 2.05) is 54.6 Å². The molecule has 0 saturated heterocycles. The Morgan fingerprint density at radius 3 is 2.58 bits per heavy atom. The van der Waals surface area contributed by atoms with Crippen molar-refractivity contribution in [1.29, 1.82) is 0 Å². The van der Waals surface area contributed by atoms with E-state index in [-0.39, 0.29) is 5.91 Å². The summed E-state index contributed by atoms with van der Waals surface area (Å²) in [5.74, 6) is -0.0830. The van der Waals surface area contributed by atoms with Crippen LogP contribution in [-0.2, 0) is 6.54 Å². The van der Waals surface area contributed by atoms with Gasteiger partial charge in [-0.2, -0.15) is 5.10 Å². The van der Waals surface area contributed by atoms with E-state index in [2.05, 4.69) is 15.0 Å². The van der Waals surface area contributed by atoms with E-state index in [4.69, 9.17) is 5.10 Å². The van der Waals surface area contributed by atoms with E-state index in [1.54, 1.807) is 6.20 Å². The summed E-state index contributed by atoms with van der Waals surface area (Å²) >= 11 is 0. The van der Waals surface area contributed by atoms with E-state index < -0.39 is 0 Å². The van der Waals surface area contributed by atoms with Crippen LogP contribution in [-0.4, -0.2) is 20.7 Å². The van der Waals surface area contributed by atoms with Crippen molar-refractivity contribution in [3.05, 3.63) is 72.1 Å². The molecule has 1 amide bonds. The van der Waals surface area contributed by atoms with Crippen LogP contribution in [0.2, 0.25) is 0 Å². The number of nitrogens with one attached hydrogen (secondary N) is 1. The SMILES string of the molecule is O=C(NCc1cc(-c2ccccn2)n(C2CCCC2)n1)c1ccccc1. The second-order valence-corrected chi connectivity index (χ2v) is 6.67. The Morgan fingerprint density at radius 2 is 1.85 bits per heavy atom. The van der Waals surface area contributed by atoms with Crippen molar-refractivity contribution in [2.75, 3.05) is 0 Å². The van der Waals surface area contributed by atoms with Gasteiger partial charge in [-0.15, -0.1) is 0 Å². The van der Waals surface area contributed by atoms with Gasteiger partial charge in [0.15, 0.2) is 0 Å². The highest BCUT2D eigenvalue weighted by atomic mass is 16.1. The molecule has 2 aromatic heterocycles. The first-order chi connectivity index (χ1) is 12.8. The summed E-state index contributed by atoms with van der Waals surface area (Å²) in [5.41, 5.74) is 3.48. The molecule has 132 valence electrons. The zero-order valence-electron chi connectivity index (χ0n) is 14.6. The zero-order valence-corrected chi connectivity index (χ0v) is 14.6. The number of benzene rings is 1. The van der Waals surface area contributed by atoms with Gasteiger partial charge < -0.3 is 5.32 Å². The second-order valence-electron chi connectivity index (χ2n) is 6.67. The van der Waals surface area contributed by atoms with E-state index in [0.717, 1.165) is 29.9 Å². The number of rotatable bonds is 5. The first-order valence-corrected chi connectivity index (χ1v) is 9.14. The van der Waals surface area contributed by atoms with Gasteiger partial charge >= 0.3 is 0 Å². The normalized spacial score (nSPS) is 14.5. The maximum atomic E-state index is 12.3. The van der Waals surface area contributed by atoms with Crippen LogP contribution in [0.5, 0.6) is 0 Å². The number of carbonyl (C=O) groups is 1. The average molecular weight is 346 g/mol. The van der Waals surface area contributed by atoms with Crippen molar-refractivity contribution < 1.29 is 4.79 Å². The Labute approximate surface area is 153 Å². The van der Waals surface area contributed by atoms with Crippen LogP contribution in [0.15, 0.2) is 60.8 Å². The Morgan fingerprint density at radius 1 is 1.08 bits per heavy atom. The van der Waals surface area contributed by atoms with E-state index in [9.17, 15) is 4.79 Å². The molecule has 1 aliphatic carbocycles. The number of amides is 1. The van der Waals surface area contributed by atoms with Crippen molar-refractivity contribution in [3.63, 3.8) is 0 Å². The van der Waals surface area contributed by atoms with Crippen LogP contribution in [0.4, 0.5) is 0 Å². The summed E-state index contributed by atoms with van der Waals surface area (Å²) in [7, 11) is 0. The molecule has 0 atom stereocenters. The first-order valence-electron chi connectivity index (χ1n) is 9.14. The van der Waals surface area contributed by atoms with Gasteiger partial charge in [0.05, 0.1) is 29.7 Å². The molecule has 0 spiro atoms. The minimum Gasteiger partial charge on any atom is -0.346 e. The Bertz CT molecular complexity index is 868. The van der Waals surface area contributed by atoms with Gasteiger partial charge in [-0.05, 0) is 43.2 Å². The molecule has 0 bridgehead atoms. The molecule has 1 aromatic carbocycles. The monoisotopic (exact) mass is 346 g/mol. The van der Waals surface area contributed by atoms with Crippen LogP contribution in [0.1, 0.15) is 47.8 Å². The lowest BCUT2D eigenvalue weighted by molar-refractivity contribution is 0.0950. The third kappa shape index (κ3) is 3.52. The fraction of sp³-hybridized carbons (Fsp3) is 0.286. The highest BCUT2D eigenvalue weighted by Crippen LogP contribution is 2.33. The summed E-state index contributed by atoms with van der Waals surface area (Å²) < 4.78 is 2.11. The summed E-state index contributed by atoms with van der Waals surface area (Å²) in [6, 6.07) is 17.6. The number of pyridine rings is 1. The standard InChI is InChI=1S/C21H22N4O/c26-21(16-8-2-1-3-9-16)23-15-17-14-20(19-12-6-7-13-22-19)25(24-17)18-10-4-5-11-18/h1-3,6-9,12-14,18H,4-5,10-11,15H2,(H,23,26). The third-order valence-corrected chi connectivity index (χ3v) is 4.85. The van der Waals surface area contributed by atoms with Gasteiger partial charge in [0, 0.05) is 11.8 Å². The fourth-order valence-corrected chi connectivity index (χ4v) is 3.53. The zero-order chi connectivity index (χ0) is 17.8. The van der Waals surface area contributed by atoms with Gasteiger partial charge in [-0.3, -0.25) is 14.5 Å². The van der Waals surface area contributed by atoms with E-state index in [0.29, 0.717) is 18.2 Å². The molecule has 1 aliphatic rings. The molecule has 1 saturated carbocycles. The maximum absolute atomic E-state index is 12.3. The number of hydrogen-bond acceptors (Lipinski definition) is 3. The van der Waals surface area contributed by atoms with E-state index >= 15 is 0 Å². The molecule has 1 fully saturated rings. The minimum absolute atomic E-state index is 0.0830. The van der Waals surface area contributed by atoms with Crippen LogP contribution >= 0.6 is 0 Å².